The van der Waals surface area contributed by atoms with E-state index in [4.69, 9.17) is 0 Å². The van der Waals surface area contributed by atoms with E-state index < -0.39 is 0 Å². The zero-order valence-corrected chi connectivity index (χ0v) is 9.38. The molecule has 0 aliphatic carbocycles. The average molecular weight is 220 g/mol. The van der Waals surface area contributed by atoms with Crippen molar-refractivity contribution in [2.45, 2.75) is 25.8 Å². The summed E-state index contributed by atoms with van der Waals surface area (Å²) in [6.07, 6.45) is 4.25. The van der Waals surface area contributed by atoms with Crippen molar-refractivity contribution < 1.29 is 9.59 Å². The summed E-state index contributed by atoms with van der Waals surface area (Å²) in [5, 5.41) is 5.35. The minimum absolute atomic E-state index is 0.215. The molecule has 0 bridgehead atoms. The van der Waals surface area contributed by atoms with Gasteiger partial charge in [0.1, 0.15) is 6.04 Å². The van der Waals surface area contributed by atoms with Crippen LogP contribution >= 0.6 is 0 Å². The lowest BCUT2D eigenvalue weighted by Crippen LogP contribution is -2.50. The monoisotopic (exact) mass is 220 g/mol. The van der Waals surface area contributed by atoms with Crippen LogP contribution in [0.3, 0.4) is 0 Å². The number of hydrogen-bond donors (Lipinski definition) is 2. The standard InChI is InChI=1S/C12H16N2O2/c1-4-5-9(8(2)3)13-10-6-7-11(15)14-12(10)16/h4-5,10,13H,1-2,6-7H2,3H3,(H,14,15,16)/b9-5+. The van der Waals surface area contributed by atoms with E-state index in [-0.39, 0.29) is 17.9 Å². The van der Waals surface area contributed by atoms with Crippen molar-refractivity contribution in [1.82, 2.24) is 10.6 Å². The van der Waals surface area contributed by atoms with E-state index in [1.165, 1.54) is 0 Å². The normalized spacial score (nSPS) is 21.3. The SMILES string of the molecule is C=C/C=C(/NC1CCC(=O)NC1=O)C(=C)C. The van der Waals surface area contributed by atoms with Gasteiger partial charge in [0.05, 0.1) is 0 Å². The molecule has 0 saturated carbocycles. The lowest BCUT2D eigenvalue weighted by atomic mass is 10.0. The molecule has 0 radical (unpaired) electrons. The lowest BCUT2D eigenvalue weighted by molar-refractivity contribution is -0.134. The predicted molar refractivity (Wildman–Crippen MR) is 62.4 cm³/mol. The van der Waals surface area contributed by atoms with Crippen LogP contribution in [0, 0.1) is 0 Å². The molecule has 1 aliphatic heterocycles. The Morgan fingerprint density at radius 3 is 2.75 bits per heavy atom. The van der Waals surface area contributed by atoms with Crippen LogP contribution in [-0.2, 0) is 9.59 Å². The van der Waals surface area contributed by atoms with Crippen molar-refractivity contribution in [3.05, 3.63) is 36.6 Å². The van der Waals surface area contributed by atoms with Gasteiger partial charge in [-0.15, -0.1) is 0 Å². The molecule has 0 aromatic rings. The van der Waals surface area contributed by atoms with Gasteiger partial charge >= 0.3 is 0 Å². The minimum Gasteiger partial charge on any atom is -0.373 e. The number of hydrogen-bond acceptors (Lipinski definition) is 3. The summed E-state index contributed by atoms with van der Waals surface area (Å²) in [7, 11) is 0. The van der Waals surface area contributed by atoms with Gasteiger partial charge in [-0.3, -0.25) is 14.9 Å². The summed E-state index contributed by atoms with van der Waals surface area (Å²) in [6, 6.07) is -0.374. The topological polar surface area (TPSA) is 58.2 Å². The van der Waals surface area contributed by atoms with Crippen LogP contribution in [0.1, 0.15) is 19.8 Å². The first-order valence-corrected chi connectivity index (χ1v) is 5.13. The zero-order valence-electron chi connectivity index (χ0n) is 9.38. The number of piperidine rings is 1. The van der Waals surface area contributed by atoms with E-state index in [2.05, 4.69) is 23.8 Å². The first kappa shape index (κ1) is 12.2. The van der Waals surface area contributed by atoms with Gasteiger partial charge in [-0.2, -0.15) is 0 Å². The van der Waals surface area contributed by atoms with E-state index in [0.29, 0.717) is 12.8 Å². The Balaban J connectivity index is 2.69. The fraction of sp³-hybridized carbons (Fsp3) is 0.333. The molecule has 16 heavy (non-hydrogen) atoms. The maximum Gasteiger partial charge on any atom is 0.249 e. The number of rotatable bonds is 4. The van der Waals surface area contributed by atoms with Crippen LogP contribution in [0.5, 0.6) is 0 Å². The highest BCUT2D eigenvalue weighted by molar-refractivity contribution is 6.00. The van der Waals surface area contributed by atoms with E-state index in [1.54, 1.807) is 12.2 Å². The van der Waals surface area contributed by atoms with Crippen molar-refractivity contribution in [3.63, 3.8) is 0 Å². The molecule has 1 aliphatic rings. The van der Waals surface area contributed by atoms with E-state index in [9.17, 15) is 9.59 Å². The van der Waals surface area contributed by atoms with Crippen molar-refractivity contribution in [2.75, 3.05) is 0 Å². The van der Waals surface area contributed by atoms with Gasteiger partial charge in [0, 0.05) is 12.1 Å². The Hall–Kier alpha value is -1.84. The molecular formula is C12H16N2O2. The molecule has 1 heterocycles. The second kappa shape index (κ2) is 5.30. The zero-order chi connectivity index (χ0) is 12.1. The van der Waals surface area contributed by atoms with Crippen molar-refractivity contribution in [3.8, 4) is 0 Å². The first-order valence-electron chi connectivity index (χ1n) is 5.13. The van der Waals surface area contributed by atoms with Gasteiger partial charge in [0.2, 0.25) is 11.8 Å². The minimum atomic E-state index is -0.374. The Morgan fingerprint density at radius 2 is 2.25 bits per heavy atom. The molecule has 0 spiro atoms. The number of carbonyl (C=O) groups is 2. The molecule has 1 saturated heterocycles. The molecular weight excluding hydrogens is 204 g/mol. The highest BCUT2D eigenvalue weighted by Crippen LogP contribution is 2.10. The molecule has 0 aromatic heterocycles. The predicted octanol–water partition coefficient (Wildman–Crippen LogP) is 1.03. The summed E-state index contributed by atoms with van der Waals surface area (Å²) in [5.41, 5.74) is 1.59. The number of carbonyl (C=O) groups excluding carboxylic acids is 2. The van der Waals surface area contributed by atoms with E-state index in [0.717, 1.165) is 11.3 Å². The maximum absolute atomic E-state index is 11.5. The van der Waals surface area contributed by atoms with E-state index in [1.807, 2.05) is 6.92 Å². The third-order valence-electron chi connectivity index (χ3n) is 2.31. The molecule has 4 heteroatoms. The van der Waals surface area contributed by atoms with Gasteiger partial charge < -0.3 is 5.32 Å². The van der Waals surface area contributed by atoms with Crippen LogP contribution in [0.4, 0.5) is 0 Å². The Labute approximate surface area is 95.1 Å². The summed E-state index contributed by atoms with van der Waals surface area (Å²) < 4.78 is 0. The summed E-state index contributed by atoms with van der Waals surface area (Å²) in [4.78, 5) is 22.4. The summed E-state index contributed by atoms with van der Waals surface area (Å²) in [6.45, 7) is 9.24. The number of imide groups is 1. The van der Waals surface area contributed by atoms with Crippen LogP contribution in [0.2, 0.25) is 0 Å². The maximum atomic E-state index is 11.5. The smallest absolute Gasteiger partial charge is 0.249 e. The molecule has 1 fully saturated rings. The molecule has 4 nitrogen and oxygen atoms in total. The van der Waals surface area contributed by atoms with Crippen molar-refractivity contribution >= 4 is 11.8 Å². The fourth-order valence-electron chi connectivity index (χ4n) is 1.45. The van der Waals surface area contributed by atoms with Crippen LogP contribution in [0.15, 0.2) is 36.6 Å². The summed E-state index contributed by atoms with van der Waals surface area (Å²) in [5.74, 6) is -0.500. The second-order valence-electron chi connectivity index (χ2n) is 3.74. The van der Waals surface area contributed by atoms with Crippen LogP contribution < -0.4 is 10.6 Å². The van der Waals surface area contributed by atoms with Gasteiger partial charge in [0.25, 0.3) is 0 Å². The van der Waals surface area contributed by atoms with Crippen molar-refractivity contribution in [2.24, 2.45) is 0 Å². The van der Waals surface area contributed by atoms with Gasteiger partial charge in [-0.05, 0) is 25.0 Å². The van der Waals surface area contributed by atoms with Crippen molar-refractivity contribution in [1.29, 1.82) is 0 Å². The summed E-state index contributed by atoms with van der Waals surface area (Å²) >= 11 is 0. The quantitative estimate of drug-likeness (QED) is 0.549. The number of nitrogens with one attached hydrogen (secondary N) is 2. The fourth-order valence-corrected chi connectivity index (χ4v) is 1.45. The molecule has 86 valence electrons. The highest BCUT2D eigenvalue weighted by atomic mass is 16.2. The van der Waals surface area contributed by atoms with Gasteiger partial charge in [-0.1, -0.05) is 19.2 Å². The molecule has 0 aromatic carbocycles. The lowest BCUT2D eigenvalue weighted by Gasteiger charge is -2.24. The average Bonchev–Trinajstić information content (AvgIpc) is 2.20. The number of amides is 2. The highest BCUT2D eigenvalue weighted by Gasteiger charge is 2.26. The largest absolute Gasteiger partial charge is 0.373 e. The second-order valence-corrected chi connectivity index (χ2v) is 3.74. The first-order chi connectivity index (χ1) is 7.54. The third-order valence-corrected chi connectivity index (χ3v) is 2.31. The molecule has 1 rings (SSSR count). The van der Waals surface area contributed by atoms with Gasteiger partial charge in [-0.25, -0.2) is 0 Å². The van der Waals surface area contributed by atoms with E-state index >= 15 is 0 Å². The third kappa shape index (κ3) is 3.08. The Kier molecular flexibility index (Phi) is 4.05. The van der Waals surface area contributed by atoms with Crippen LogP contribution in [0.25, 0.3) is 0 Å². The molecule has 2 N–H and O–H groups in total. The van der Waals surface area contributed by atoms with Gasteiger partial charge in [0.15, 0.2) is 0 Å². The molecule has 1 unspecified atom stereocenters. The Bertz CT molecular complexity index is 369. The Morgan fingerprint density at radius 1 is 1.56 bits per heavy atom. The molecule has 1 atom stereocenters. The van der Waals surface area contributed by atoms with Crippen LogP contribution in [-0.4, -0.2) is 17.9 Å². The number of allylic oxidation sites excluding steroid dienone is 3. The molecule has 2 amide bonds.